The molecule has 0 unspecified atom stereocenters. The Hall–Kier alpha value is -1.62. The first-order valence-electron chi connectivity index (χ1n) is 5.90. The molecule has 5 nitrogen and oxygen atoms in total. The van der Waals surface area contributed by atoms with Crippen molar-refractivity contribution in [1.29, 1.82) is 0 Å². The summed E-state index contributed by atoms with van der Waals surface area (Å²) in [5.74, 6) is 0.328. The van der Waals surface area contributed by atoms with E-state index in [1.165, 1.54) is 0 Å². The van der Waals surface area contributed by atoms with E-state index >= 15 is 0 Å². The molecule has 0 saturated heterocycles. The second-order valence-electron chi connectivity index (χ2n) is 4.69. The first-order chi connectivity index (χ1) is 8.74. The van der Waals surface area contributed by atoms with Crippen LogP contribution in [0, 0.1) is 0 Å². The van der Waals surface area contributed by atoms with E-state index in [0.29, 0.717) is 17.0 Å². The monoisotopic (exact) mass is 264 g/mol. The molecule has 3 rings (SSSR count). The zero-order valence-corrected chi connectivity index (χ0v) is 10.5. The number of nitrogens with one attached hydrogen (secondary N) is 1. The highest BCUT2D eigenvalue weighted by molar-refractivity contribution is 6.19. The van der Waals surface area contributed by atoms with Gasteiger partial charge >= 0.3 is 0 Å². The topological polar surface area (TPSA) is 59.3 Å². The predicted molar refractivity (Wildman–Crippen MR) is 67.8 cm³/mol. The number of fused-ring (bicyclic) bond motifs is 1. The summed E-state index contributed by atoms with van der Waals surface area (Å²) in [4.78, 5) is 16.2. The third-order valence-electron chi connectivity index (χ3n) is 3.51. The van der Waals surface area contributed by atoms with E-state index in [-0.39, 0.29) is 11.4 Å². The average molecular weight is 265 g/mol. The van der Waals surface area contributed by atoms with Crippen LogP contribution < -0.4 is 5.32 Å². The van der Waals surface area contributed by atoms with Gasteiger partial charge in [-0.3, -0.25) is 9.78 Å². The van der Waals surface area contributed by atoms with Crippen molar-refractivity contribution in [3.05, 3.63) is 30.4 Å². The number of halogens is 1. The van der Waals surface area contributed by atoms with E-state index in [0.717, 1.165) is 19.3 Å². The molecule has 0 spiro atoms. The van der Waals surface area contributed by atoms with Crippen molar-refractivity contribution in [2.75, 3.05) is 5.88 Å². The van der Waals surface area contributed by atoms with Crippen molar-refractivity contribution in [2.24, 2.45) is 0 Å². The van der Waals surface area contributed by atoms with Gasteiger partial charge in [-0.25, -0.2) is 4.52 Å². The summed E-state index contributed by atoms with van der Waals surface area (Å²) in [5.41, 5.74) is 1.02. The van der Waals surface area contributed by atoms with Crippen molar-refractivity contribution in [1.82, 2.24) is 19.9 Å². The van der Waals surface area contributed by atoms with E-state index in [1.807, 2.05) is 0 Å². The molecule has 6 heteroatoms. The molecule has 0 radical (unpaired) electrons. The smallest absolute Gasteiger partial charge is 0.255 e. The van der Waals surface area contributed by atoms with Gasteiger partial charge in [0.05, 0.1) is 29.0 Å². The number of hydrogen-bond acceptors (Lipinski definition) is 3. The lowest BCUT2D eigenvalue weighted by molar-refractivity contribution is 0.0855. The fraction of sp³-hybridized carbons (Fsp3) is 0.417. The molecule has 0 atom stereocenters. The Kier molecular flexibility index (Phi) is 2.70. The Labute approximate surface area is 109 Å². The van der Waals surface area contributed by atoms with Gasteiger partial charge in [0.15, 0.2) is 0 Å². The van der Waals surface area contributed by atoms with Gasteiger partial charge in [0, 0.05) is 18.3 Å². The lowest BCUT2D eigenvalue weighted by Gasteiger charge is -2.40. The number of nitrogens with zero attached hydrogens (tertiary/aromatic N) is 3. The zero-order valence-electron chi connectivity index (χ0n) is 9.77. The van der Waals surface area contributed by atoms with E-state index in [4.69, 9.17) is 11.6 Å². The number of carbonyl (C=O) groups excluding carboxylic acids is 1. The quantitative estimate of drug-likeness (QED) is 0.857. The lowest BCUT2D eigenvalue weighted by Crippen LogP contribution is -2.55. The van der Waals surface area contributed by atoms with Gasteiger partial charge < -0.3 is 5.32 Å². The fourth-order valence-electron chi connectivity index (χ4n) is 2.21. The van der Waals surface area contributed by atoms with Gasteiger partial charge in [0.2, 0.25) is 0 Å². The van der Waals surface area contributed by atoms with Gasteiger partial charge in [-0.15, -0.1) is 11.6 Å². The van der Waals surface area contributed by atoms with Gasteiger partial charge in [0.25, 0.3) is 5.91 Å². The summed E-state index contributed by atoms with van der Waals surface area (Å²) in [6.07, 6.45) is 9.55. The van der Waals surface area contributed by atoms with Gasteiger partial charge in [-0.1, -0.05) is 0 Å². The maximum atomic E-state index is 12.2. The first kappa shape index (κ1) is 11.5. The van der Waals surface area contributed by atoms with Crippen LogP contribution in [0.2, 0.25) is 0 Å². The Bertz CT molecular complexity index is 585. The second-order valence-corrected chi connectivity index (χ2v) is 4.95. The highest BCUT2D eigenvalue weighted by atomic mass is 35.5. The Morgan fingerprint density at radius 1 is 1.50 bits per heavy atom. The maximum Gasteiger partial charge on any atom is 0.255 e. The molecular weight excluding hydrogens is 252 g/mol. The normalized spacial score (nSPS) is 17.4. The first-order valence-corrected chi connectivity index (χ1v) is 6.43. The summed E-state index contributed by atoms with van der Waals surface area (Å²) in [6.45, 7) is 0. The minimum atomic E-state index is -0.227. The van der Waals surface area contributed by atoms with Crippen LogP contribution in [0.15, 0.2) is 24.8 Å². The van der Waals surface area contributed by atoms with Crippen molar-refractivity contribution in [3.8, 4) is 0 Å². The number of carbonyl (C=O) groups is 1. The molecule has 1 aliphatic rings. The molecule has 2 heterocycles. The van der Waals surface area contributed by atoms with Crippen LogP contribution in [0.4, 0.5) is 0 Å². The lowest BCUT2D eigenvalue weighted by atomic mass is 9.78. The van der Waals surface area contributed by atoms with Crippen molar-refractivity contribution < 1.29 is 4.79 Å². The molecule has 0 aromatic carbocycles. The van der Waals surface area contributed by atoms with Crippen LogP contribution in [0.25, 0.3) is 5.52 Å². The van der Waals surface area contributed by atoms with E-state index in [9.17, 15) is 4.79 Å². The van der Waals surface area contributed by atoms with Crippen LogP contribution in [-0.4, -0.2) is 31.9 Å². The number of amides is 1. The van der Waals surface area contributed by atoms with Crippen LogP contribution in [0.1, 0.15) is 29.6 Å². The van der Waals surface area contributed by atoms with Crippen molar-refractivity contribution >= 4 is 23.0 Å². The molecule has 2 aromatic rings. The predicted octanol–water partition coefficient (Wildman–Crippen LogP) is 1.62. The standard InChI is InChI=1S/C12H13ClN4O/c13-8-12(2-1-3-12)16-11(18)9-6-15-17-5-4-14-7-10(9)17/h4-7H,1-3,8H2,(H,16,18). The number of alkyl halides is 1. The Morgan fingerprint density at radius 3 is 3.00 bits per heavy atom. The second kappa shape index (κ2) is 4.24. The van der Waals surface area contributed by atoms with E-state index in [1.54, 1.807) is 29.3 Å². The van der Waals surface area contributed by atoms with Crippen LogP contribution in [-0.2, 0) is 0 Å². The summed E-state index contributed by atoms with van der Waals surface area (Å²) in [6, 6.07) is 0. The van der Waals surface area contributed by atoms with Gasteiger partial charge in [-0.2, -0.15) is 5.10 Å². The Balaban J connectivity index is 1.88. The fourth-order valence-corrected chi connectivity index (χ4v) is 2.55. The molecule has 0 aliphatic heterocycles. The third-order valence-corrected chi connectivity index (χ3v) is 4.03. The van der Waals surface area contributed by atoms with Gasteiger partial charge in [0.1, 0.15) is 0 Å². The van der Waals surface area contributed by atoms with E-state index < -0.39 is 0 Å². The molecular formula is C12H13ClN4O. The zero-order chi connectivity index (χ0) is 12.6. The molecule has 94 valence electrons. The molecule has 0 bridgehead atoms. The maximum absolute atomic E-state index is 12.2. The SMILES string of the molecule is O=C(NC1(CCl)CCC1)c1cnn2ccncc12. The van der Waals surface area contributed by atoms with Crippen molar-refractivity contribution in [3.63, 3.8) is 0 Å². The van der Waals surface area contributed by atoms with Crippen LogP contribution in [0.3, 0.4) is 0 Å². The summed E-state index contributed by atoms with van der Waals surface area (Å²) < 4.78 is 1.63. The molecule has 1 amide bonds. The van der Waals surface area contributed by atoms with Gasteiger partial charge in [-0.05, 0) is 19.3 Å². The number of aromatic nitrogens is 3. The third kappa shape index (κ3) is 1.75. The minimum absolute atomic E-state index is 0.127. The molecule has 1 aliphatic carbocycles. The molecule has 1 N–H and O–H groups in total. The minimum Gasteiger partial charge on any atom is -0.345 e. The Morgan fingerprint density at radius 2 is 2.33 bits per heavy atom. The highest BCUT2D eigenvalue weighted by Gasteiger charge is 2.38. The van der Waals surface area contributed by atoms with Crippen LogP contribution >= 0.6 is 11.6 Å². The summed E-state index contributed by atoms with van der Waals surface area (Å²) in [5, 5.41) is 7.14. The van der Waals surface area contributed by atoms with Crippen LogP contribution in [0.5, 0.6) is 0 Å². The molecule has 1 fully saturated rings. The number of rotatable bonds is 3. The molecule has 18 heavy (non-hydrogen) atoms. The molecule has 2 aromatic heterocycles. The van der Waals surface area contributed by atoms with Crippen molar-refractivity contribution in [2.45, 2.75) is 24.8 Å². The summed E-state index contributed by atoms with van der Waals surface area (Å²) in [7, 11) is 0. The van der Waals surface area contributed by atoms with E-state index in [2.05, 4.69) is 15.4 Å². The largest absolute Gasteiger partial charge is 0.345 e. The molecule has 1 saturated carbocycles. The highest BCUT2D eigenvalue weighted by Crippen LogP contribution is 2.33. The average Bonchev–Trinajstić information content (AvgIpc) is 2.77. The summed E-state index contributed by atoms with van der Waals surface area (Å²) >= 11 is 5.94. The number of hydrogen-bond donors (Lipinski definition) is 1.